The van der Waals surface area contributed by atoms with Crippen molar-refractivity contribution in [2.75, 3.05) is 19.8 Å². The first-order chi connectivity index (χ1) is 16.6. The number of halogens is 3. The van der Waals surface area contributed by atoms with E-state index in [0.717, 1.165) is 25.0 Å². The van der Waals surface area contributed by atoms with Gasteiger partial charge in [-0.25, -0.2) is 9.79 Å². The Labute approximate surface area is 202 Å². The summed E-state index contributed by atoms with van der Waals surface area (Å²) in [5, 5.41) is 12.8. The minimum Gasteiger partial charge on any atom is -0.477 e. The molecule has 0 spiro atoms. The molecule has 0 radical (unpaired) electrons. The van der Waals surface area contributed by atoms with E-state index < -0.39 is 17.7 Å². The van der Waals surface area contributed by atoms with Gasteiger partial charge in [0.05, 0.1) is 17.8 Å². The van der Waals surface area contributed by atoms with Crippen molar-refractivity contribution in [3.8, 4) is 0 Å². The summed E-state index contributed by atoms with van der Waals surface area (Å²) in [7, 11) is 0. The molecular formula is C25H32F3N3O4. The van der Waals surface area contributed by atoms with Gasteiger partial charge in [-0.1, -0.05) is 18.7 Å². The molecule has 0 unspecified atom stereocenters. The molecule has 0 amide bonds. The van der Waals surface area contributed by atoms with E-state index in [0.29, 0.717) is 55.9 Å². The molecule has 10 heteroatoms. The van der Waals surface area contributed by atoms with Gasteiger partial charge < -0.3 is 25.6 Å². The molecule has 0 aromatic heterocycles. The standard InChI is InChI=1S/C25H32F3N3O4/c1-15(22(24(32)33)31-23(29)18-10-12-34-13-11-18)16(2)30-14-20-4-3-5-21(35-20)17-6-8-19(9-7-17)25(26,27)28/h6-9,18,20-21,30H,2-5,10-14H2,1H3,(H2,29,31)(H,32,33)/b22-15-/t20-,21+/m1/s1. The van der Waals surface area contributed by atoms with Crippen molar-refractivity contribution < 1.29 is 32.5 Å². The number of ether oxygens (including phenoxy) is 2. The van der Waals surface area contributed by atoms with E-state index in [1.807, 2.05) is 0 Å². The maximum atomic E-state index is 12.8. The van der Waals surface area contributed by atoms with Gasteiger partial charge in [-0.3, -0.25) is 0 Å². The molecule has 35 heavy (non-hydrogen) atoms. The number of hydrogen-bond donors (Lipinski definition) is 3. The first-order valence-corrected chi connectivity index (χ1v) is 11.7. The minimum absolute atomic E-state index is 0.0232. The Bertz CT molecular complexity index is 967. The summed E-state index contributed by atoms with van der Waals surface area (Å²) in [6, 6.07) is 5.04. The van der Waals surface area contributed by atoms with E-state index in [-0.39, 0.29) is 29.7 Å². The van der Waals surface area contributed by atoms with Crippen molar-refractivity contribution >= 4 is 11.8 Å². The fourth-order valence-corrected chi connectivity index (χ4v) is 4.20. The van der Waals surface area contributed by atoms with Crippen LogP contribution in [0.5, 0.6) is 0 Å². The van der Waals surface area contributed by atoms with E-state index in [4.69, 9.17) is 15.2 Å². The zero-order valence-electron chi connectivity index (χ0n) is 19.7. The maximum absolute atomic E-state index is 12.8. The van der Waals surface area contributed by atoms with Gasteiger partial charge in [0.2, 0.25) is 0 Å². The van der Waals surface area contributed by atoms with Crippen LogP contribution in [-0.4, -0.2) is 42.8 Å². The zero-order valence-corrected chi connectivity index (χ0v) is 19.7. The molecule has 7 nitrogen and oxygen atoms in total. The molecule has 1 aromatic carbocycles. The van der Waals surface area contributed by atoms with Crippen molar-refractivity contribution in [2.45, 2.75) is 57.4 Å². The van der Waals surface area contributed by atoms with Crippen molar-refractivity contribution in [2.24, 2.45) is 16.6 Å². The number of amidine groups is 1. The van der Waals surface area contributed by atoms with E-state index in [1.165, 1.54) is 12.1 Å². The quantitative estimate of drug-likeness (QED) is 0.211. The Balaban J connectivity index is 1.61. The SMILES string of the molecule is C=C(NC[C@H]1CCC[C@@H](c2ccc(C(F)(F)F)cc2)O1)/C(C)=C(\N=C(N)C1CCOCC1)C(=O)O. The number of nitrogens with two attached hydrogens (primary N) is 1. The summed E-state index contributed by atoms with van der Waals surface area (Å²) < 4.78 is 49.9. The highest BCUT2D eigenvalue weighted by Gasteiger charge is 2.31. The summed E-state index contributed by atoms with van der Waals surface area (Å²) in [5.41, 5.74) is 6.68. The van der Waals surface area contributed by atoms with Crippen molar-refractivity contribution in [3.63, 3.8) is 0 Å². The molecule has 2 fully saturated rings. The van der Waals surface area contributed by atoms with Gasteiger partial charge in [-0.2, -0.15) is 13.2 Å². The smallest absolute Gasteiger partial charge is 0.416 e. The molecule has 4 N–H and O–H groups in total. The average Bonchev–Trinajstić information content (AvgIpc) is 2.85. The number of rotatable bonds is 8. The van der Waals surface area contributed by atoms with Gasteiger partial charge in [0, 0.05) is 36.9 Å². The van der Waals surface area contributed by atoms with Crippen molar-refractivity contribution in [1.82, 2.24) is 5.32 Å². The lowest BCUT2D eigenvalue weighted by Crippen LogP contribution is -2.33. The Morgan fingerprint density at radius 1 is 1.20 bits per heavy atom. The van der Waals surface area contributed by atoms with E-state index in [1.54, 1.807) is 6.92 Å². The highest BCUT2D eigenvalue weighted by atomic mass is 19.4. The second-order valence-corrected chi connectivity index (χ2v) is 8.86. The first-order valence-electron chi connectivity index (χ1n) is 11.7. The molecule has 2 saturated heterocycles. The molecule has 2 heterocycles. The fraction of sp³-hybridized carbons (Fsp3) is 0.520. The molecule has 2 atom stereocenters. The molecule has 192 valence electrons. The van der Waals surface area contributed by atoms with Crippen LogP contribution in [0.2, 0.25) is 0 Å². The number of carboxylic acid groups (broad SMARTS) is 1. The van der Waals surface area contributed by atoms with Crippen LogP contribution in [0.4, 0.5) is 13.2 Å². The van der Waals surface area contributed by atoms with Crippen molar-refractivity contribution in [1.29, 1.82) is 0 Å². The Kier molecular flexibility index (Phi) is 8.96. The fourth-order valence-electron chi connectivity index (χ4n) is 4.20. The molecule has 2 aliphatic heterocycles. The Hall–Kier alpha value is -2.85. The maximum Gasteiger partial charge on any atom is 0.416 e. The van der Waals surface area contributed by atoms with Crippen molar-refractivity contribution in [3.05, 3.63) is 58.9 Å². The predicted molar refractivity (Wildman–Crippen MR) is 126 cm³/mol. The summed E-state index contributed by atoms with van der Waals surface area (Å²) in [6.07, 6.45) is -1.17. The van der Waals surface area contributed by atoms with Crippen LogP contribution < -0.4 is 11.1 Å². The lowest BCUT2D eigenvalue weighted by Gasteiger charge is -2.31. The number of carbonyl (C=O) groups is 1. The monoisotopic (exact) mass is 495 g/mol. The summed E-state index contributed by atoms with van der Waals surface area (Å²) in [4.78, 5) is 16.0. The van der Waals surface area contributed by atoms with Crippen LogP contribution in [0, 0.1) is 5.92 Å². The number of aliphatic imine (C=N–C) groups is 1. The third-order valence-electron chi connectivity index (χ3n) is 6.39. The van der Waals surface area contributed by atoms with Gasteiger partial charge in [0.25, 0.3) is 0 Å². The molecular weight excluding hydrogens is 463 g/mol. The normalized spacial score (nSPS) is 22.9. The van der Waals surface area contributed by atoms with E-state index in [9.17, 15) is 23.1 Å². The number of allylic oxidation sites excluding steroid dienone is 1. The lowest BCUT2D eigenvalue weighted by molar-refractivity contribution is -0.137. The second kappa shape index (κ2) is 11.7. The third-order valence-corrected chi connectivity index (χ3v) is 6.39. The lowest BCUT2D eigenvalue weighted by atomic mass is 9.97. The number of hydrogen-bond acceptors (Lipinski definition) is 5. The van der Waals surface area contributed by atoms with Crippen LogP contribution in [-0.2, 0) is 20.4 Å². The van der Waals surface area contributed by atoms with Gasteiger partial charge in [-0.05, 0) is 56.7 Å². The summed E-state index contributed by atoms with van der Waals surface area (Å²) >= 11 is 0. The van der Waals surface area contributed by atoms with Gasteiger partial charge in [-0.15, -0.1) is 0 Å². The van der Waals surface area contributed by atoms with Gasteiger partial charge in [0.1, 0.15) is 5.84 Å². The molecule has 1 aromatic rings. The molecule has 2 aliphatic rings. The number of aliphatic carboxylic acids is 1. The number of carboxylic acids is 1. The Morgan fingerprint density at radius 2 is 1.86 bits per heavy atom. The van der Waals surface area contributed by atoms with E-state index >= 15 is 0 Å². The highest BCUT2D eigenvalue weighted by Crippen LogP contribution is 2.34. The topological polar surface area (TPSA) is 106 Å². The second-order valence-electron chi connectivity index (χ2n) is 8.86. The predicted octanol–water partition coefficient (Wildman–Crippen LogP) is 4.56. The molecule has 0 saturated carbocycles. The van der Waals surface area contributed by atoms with Crippen LogP contribution in [0.25, 0.3) is 0 Å². The number of nitrogens with one attached hydrogen (secondary N) is 1. The number of benzene rings is 1. The molecule has 0 aliphatic carbocycles. The number of nitrogens with zero attached hydrogens (tertiary/aromatic N) is 1. The first kappa shape index (κ1) is 26.7. The average molecular weight is 496 g/mol. The van der Waals surface area contributed by atoms with Gasteiger partial charge >= 0.3 is 12.1 Å². The van der Waals surface area contributed by atoms with Crippen LogP contribution in [0.15, 0.2) is 52.8 Å². The highest BCUT2D eigenvalue weighted by molar-refractivity contribution is 5.94. The summed E-state index contributed by atoms with van der Waals surface area (Å²) in [6.45, 7) is 7.07. The molecule has 0 bridgehead atoms. The third kappa shape index (κ3) is 7.32. The largest absolute Gasteiger partial charge is 0.477 e. The number of alkyl halides is 3. The van der Waals surface area contributed by atoms with Crippen LogP contribution >= 0.6 is 0 Å². The van der Waals surface area contributed by atoms with Crippen LogP contribution in [0.1, 0.15) is 56.3 Å². The van der Waals surface area contributed by atoms with Gasteiger partial charge in [0.15, 0.2) is 5.70 Å². The summed E-state index contributed by atoms with van der Waals surface area (Å²) in [5.74, 6) is -0.950. The Morgan fingerprint density at radius 3 is 2.46 bits per heavy atom. The molecule has 3 rings (SSSR count). The van der Waals surface area contributed by atoms with Crippen LogP contribution in [0.3, 0.4) is 0 Å². The van der Waals surface area contributed by atoms with E-state index in [2.05, 4.69) is 16.9 Å². The minimum atomic E-state index is -4.38. The zero-order chi connectivity index (χ0) is 25.6.